The largest absolute Gasteiger partial charge is 0.497 e. The highest BCUT2D eigenvalue weighted by Crippen LogP contribution is 2.39. The van der Waals surface area contributed by atoms with E-state index in [1.165, 1.54) is 37.4 Å². The van der Waals surface area contributed by atoms with Crippen LogP contribution in [-0.2, 0) is 14.8 Å². The first kappa shape index (κ1) is 29.7. The fourth-order valence-corrected chi connectivity index (χ4v) is 5.20. The first-order valence-electron chi connectivity index (χ1n) is 12.2. The summed E-state index contributed by atoms with van der Waals surface area (Å²) < 4.78 is 57.6. The van der Waals surface area contributed by atoms with Crippen LogP contribution < -0.4 is 23.8 Å². The lowest BCUT2D eigenvalue weighted by molar-refractivity contribution is -0.136. The molecule has 1 aliphatic heterocycles. The topological polar surface area (TPSA) is 114 Å². The maximum absolute atomic E-state index is 13.8. The minimum atomic E-state index is -3.95. The van der Waals surface area contributed by atoms with Gasteiger partial charge in [-0.15, -0.1) is 0 Å². The van der Waals surface area contributed by atoms with Gasteiger partial charge >= 0.3 is 0 Å². The molecule has 0 saturated carbocycles. The molecule has 1 heterocycles. The Morgan fingerprint density at radius 2 is 1.79 bits per heavy atom. The number of anilines is 1. The van der Waals surface area contributed by atoms with E-state index in [2.05, 4.69) is 5.32 Å². The average molecular weight is 561 g/mol. The van der Waals surface area contributed by atoms with Crippen molar-refractivity contribution in [2.24, 2.45) is 0 Å². The highest BCUT2D eigenvalue weighted by molar-refractivity contribution is 7.92. The van der Waals surface area contributed by atoms with E-state index in [1.54, 1.807) is 19.2 Å². The van der Waals surface area contributed by atoms with E-state index in [1.807, 2.05) is 37.3 Å². The number of methoxy groups -OCH3 is 2. The number of ether oxygens (including phenoxy) is 3. The fourth-order valence-electron chi connectivity index (χ4n) is 3.73. The summed E-state index contributed by atoms with van der Waals surface area (Å²) in [7, 11) is -1.08. The fraction of sp³-hybridized carbons (Fsp3) is 0.321. The van der Waals surface area contributed by atoms with Gasteiger partial charge in [-0.1, -0.05) is 18.2 Å². The van der Waals surface area contributed by atoms with Gasteiger partial charge in [0.15, 0.2) is 11.6 Å². The van der Waals surface area contributed by atoms with Crippen LogP contribution in [0.2, 0.25) is 0 Å². The SMILES string of the molecule is CCNC(=O)C(C)(C)O.COc1cccc(-c2ccc3c(c2)N(S(=O)(=O)c2ccc(F)c(OC)c2)CCO3)c1. The van der Waals surface area contributed by atoms with E-state index in [4.69, 9.17) is 19.3 Å². The molecular formula is C28H33FN2O7S. The number of halogens is 1. The van der Waals surface area contributed by atoms with E-state index in [9.17, 15) is 17.6 Å². The normalized spacial score (nSPS) is 12.8. The van der Waals surface area contributed by atoms with Crippen molar-refractivity contribution in [2.75, 3.05) is 38.2 Å². The predicted molar refractivity (Wildman–Crippen MR) is 146 cm³/mol. The standard InChI is InChI=1S/C22H20FNO5S.C6H13NO2/c1-27-17-5-3-4-15(12-17)16-6-9-21-20(13-16)24(10-11-29-21)30(25,26)18-7-8-19(23)22(14-18)28-2;1-4-7-5(8)6(2,3)9/h3-9,12-14H,10-11H2,1-2H3;9H,4H2,1-3H3,(H,7,8). The molecule has 0 fully saturated rings. The van der Waals surface area contributed by atoms with Crippen LogP contribution in [0.4, 0.5) is 10.1 Å². The Kier molecular flexibility index (Phi) is 9.41. The second-order valence-electron chi connectivity index (χ2n) is 9.05. The number of nitrogens with zero attached hydrogens (tertiary/aromatic N) is 1. The Morgan fingerprint density at radius 1 is 1.08 bits per heavy atom. The van der Waals surface area contributed by atoms with Crippen LogP contribution in [0.15, 0.2) is 65.6 Å². The van der Waals surface area contributed by atoms with Gasteiger partial charge in [0.2, 0.25) is 0 Å². The number of benzene rings is 3. The number of amides is 1. The summed E-state index contributed by atoms with van der Waals surface area (Å²) in [6.45, 7) is 5.63. The maximum Gasteiger partial charge on any atom is 0.264 e. The molecule has 0 radical (unpaired) electrons. The highest BCUT2D eigenvalue weighted by Gasteiger charge is 2.31. The van der Waals surface area contributed by atoms with Gasteiger partial charge in [-0.05, 0) is 68.3 Å². The van der Waals surface area contributed by atoms with Crippen LogP contribution in [0, 0.1) is 5.82 Å². The first-order valence-corrected chi connectivity index (χ1v) is 13.6. The van der Waals surface area contributed by atoms with Gasteiger partial charge in [0.05, 0.1) is 31.3 Å². The van der Waals surface area contributed by atoms with Crippen molar-refractivity contribution in [3.05, 3.63) is 66.5 Å². The van der Waals surface area contributed by atoms with Crippen molar-refractivity contribution < 1.29 is 36.9 Å². The maximum atomic E-state index is 13.8. The molecule has 0 bridgehead atoms. The molecule has 4 rings (SSSR count). The van der Waals surface area contributed by atoms with Gasteiger partial charge in [-0.3, -0.25) is 9.10 Å². The summed E-state index contributed by atoms with van der Waals surface area (Å²) in [6.07, 6.45) is 0. The van der Waals surface area contributed by atoms with Crippen LogP contribution in [0.3, 0.4) is 0 Å². The minimum absolute atomic E-state index is 0.0552. The summed E-state index contributed by atoms with van der Waals surface area (Å²) in [5.41, 5.74) is 0.874. The zero-order valence-corrected chi connectivity index (χ0v) is 23.3. The van der Waals surface area contributed by atoms with Crippen LogP contribution in [0.5, 0.6) is 17.2 Å². The smallest absolute Gasteiger partial charge is 0.264 e. The van der Waals surface area contributed by atoms with Crippen LogP contribution in [0.25, 0.3) is 11.1 Å². The van der Waals surface area contributed by atoms with E-state index in [-0.39, 0.29) is 29.7 Å². The van der Waals surface area contributed by atoms with E-state index in [0.717, 1.165) is 17.2 Å². The molecule has 210 valence electrons. The molecule has 0 aromatic heterocycles. The van der Waals surface area contributed by atoms with Crippen molar-refractivity contribution in [2.45, 2.75) is 31.3 Å². The molecule has 3 aromatic rings. The summed E-state index contributed by atoms with van der Waals surface area (Å²) in [5.74, 6) is 0.0775. The van der Waals surface area contributed by atoms with E-state index < -0.39 is 21.4 Å². The van der Waals surface area contributed by atoms with Gasteiger partial charge in [0.25, 0.3) is 15.9 Å². The molecule has 11 heteroatoms. The Labute approximate surface area is 228 Å². The second kappa shape index (κ2) is 12.4. The average Bonchev–Trinajstić information content (AvgIpc) is 2.92. The minimum Gasteiger partial charge on any atom is -0.497 e. The van der Waals surface area contributed by atoms with Crippen LogP contribution >= 0.6 is 0 Å². The molecule has 0 spiro atoms. The highest BCUT2D eigenvalue weighted by atomic mass is 32.2. The number of rotatable bonds is 7. The Hall–Kier alpha value is -3.83. The Morgan fingerprint density at radius 3 is 2.41 bits per heavy atom. The van der Waals surface area contributed by atoms with Crippen molar-refractivity contribution in [1.82, 2.24) is 5.32 Å². The van der Waals surface area contributed by atoms with Crippen molar-refractivity contribution in [3.63, 3.8) is 0 Å². The van der Waals surface area contributed by atoms with Crippen molar-refractivity contribution in [1.29, 1.82) is 0 Å². The number of hydrogen-bond donors (Lipinski definition) is 2. The summed E-state index contributed by atoms with van der Waals surface area (Å²) in [4.78, 5) is 10.6. The Bertz CT molecular complexity index is 1420. The van der Waals surface area contributed by atoms with Crippen molar-refractivity contribution >= 4 is 21.6 Å². The summed E-state index contributed by atoms with van der Waals surface area (Å²) >= 11 is 0. The van der Waals surface area contributed by atoms with Gasteiger partial charge < -0.3 is 24.6 Å². The zero-order chi connectivity index (χ0) is 28.8. The number of hydrogen-bond acceptors (Lipinski definition) is 7. The quantitative estimate of drug-likeness (QED) is 0.449. The van der Waals surface area contributed by atoms with Crippen LogP contribution in [-0.4, -0.2) is 58.9 Å². The molecule has 9 nitrogen and oxygen atoms in total. The third-order valence-electron chi connectivity index (χ3n) is 5.79. The van der Waals surface area contributed by atoms with Gasteiger partial charge in [-0.2, -0.15) is 0 Å². The molecule has 3 aromatic carbocycles. The third-order valence-corrected chi connectivity index (χ3v) is 7.60. The third kappa shape index (κ3) is 6.98. The van der Waals surface area contributed by atoms with Crippen molar-refractivity contribution in [3.8, 4) is 28.4 Å². The number of fused-ring (bicyclic) bond motifs is 1. The molecule has 2 N–H and O–H groups in total. The lowest BCUT2D eigenvalue weighted by Gasteiger charge is -2.31. The molecule has 1 aliphatic rings. The molecule has 0 unspecified atom stereocenters. The number of nitrogens with one attached hydrogen (secondary N) is 1. The molecule has 0 saturated heterocycles. The molecule has 1 amide bonds. The zero-order valence-electron chi connectivity index (χ0n) is 22.5. The molecule has 0 atom stereocenters. The predicted octanol–water partition coefficient (Wildman–Crippen LogP) is 3.99. The van der Waals surface area contributed by atoms with Gasteiger partial charge in [0, 0.05) is 12.6 Å². The van der Waals surface area contributed by atoms with E-state index in [0.29, 0.717) is 23.7 Å². The number of carbonyl (C=O) groups is 1. The van der Waals surface area contributed by atoms with Gasteiger partial charge in [0.1, 0.15) is 23.7 Å². The Balaban J connectivity index is 0.000000403. The number of likely N-dealkylation sites (N-methyl/N-ethyl adjacent to an activating group) is 1. The van der Waals surface area contributed by atoms with Crippen LogP contribution in [0.1, 0.15) is 20.8 Å². The number of aliphatic hydroxyl groups is 1. The van der Waals surface area contributed by atoms with Gasteiger partial charge in [-0.25, -0.2) is 12.8 Å². The first-order chi connectivity index (χ1) is 18.4. The summed E-state index contributed by atoms with van der Waals surface area (Å²) in [5, 5.41) is 11.5. The second-order valence-corrected chi connectivity index (χ2v) is 10.9. The molecule has 39 heavy (non-hydrogen) atoms. The number of carbonyl (C=O) groups excluding carboxylic acids is 1. The van der Waals surface area contributed by atoms with E-state index >= 15 is 0 Å². The molecular weight excluding hydrogens is 527 g/mol. The summed E-state index contributed by atoms with van der Waals surface area (Å²) in [6, 6.07) is 16.4. The number of sulfonamides is 1. The lowest BCUT2D eigenvalue weighted by atomic mass is 10.0. The monoisotopic (exact) mass is 560 g/mol. The lowest BCUT2D eigenvalue weighted by Crippen LogP contribution is -2.41. The molecule has 0 aliphatic carbocycles.